The Kier molecular flexibility index (Phi) is 8.92. The smallest absolute Gasteiger partial charge is 0.303 e. The molecular weight excluding hydrogens is 611 g/mol. The van der Waals surface area contributed by atoms with Crippen LogP contribution < -0.4 is 10.9 Å². The van der Waals surface area contributed by atoms with Crippen molar-refractivity contribution in [3.63, 3.8) is 0 Å². The second-order valence-electron chi connectivity index (χ2n) is 7.66. The van der Waals surface area contributed by atoms with Gasteiger partial charge in [-0.1, -0.05) is 18.2 Å². The van der Waals surface area contributed by atoms with E-state index in [1.807, 2.05) is 0 Å². The number of allylic oxidation sites excluding steroid dienone is 2. The van der Waals surface area contributed by atoms with Crippen molar-refractivity contribution >= 4 is 11.7 Å². The zero-order chi connectivity index (χ0) is 32.0. The zero-order valence-electron chi connectivity index (χ0n) is 18.7. The fourth-order valence-corrected chi connectivity index (χ4v) is 2.46. The van der Waals surface area contributed by atoms with Crippen LogP contribution in [0.4, 0.5) is 74.6 Å². The van der Waals surface area contributed by atoms with Crippen LogP contribution in [0, 0.1) is 0 Å². The van der Waals surface area contributed by atoms with Gasteiger partial charge in [0.05, 0.1) is 0 Å². The molecule has 1 aromatic carbocycles. The van der Waals surface area contributed by atoms with Gasteiger partial charge in [0, 0.05) is 17.3 Å². The quantitative estimate of drug-likeness (QED) is 0.171. The Labute approximate surface area is 210 Å². The van der Waals surface area contributed by atoms with Gasteiger partial charge in [-0.15, -0.1) is 0 Å². The van der Waals surface area contributed by atoms with E-state index in [4.69, 9.17) is 0 Å². The molecule has 1 rings (SSSR count). The Morgan fingerprint density at radius 1 is 0.575 bits per heavy atom. The number of hydrazine groups is 1. The highest BCUT2D eigenvalue weighted by molar-refractivity contribution is 5.97. The lowest BCUT2D eigenvalue weighted by Gasteiger charge is -2.42. The summed E-state index contributed by atoms with van der Waals surface area (Å²) in [5, 5.41) is 0. The summed E-state index contributed by atoms with van der Waals surface area (Å²) >= 11 is 0. The SMILES string of the molecule is CC(=CC(=O)C(F)(F)C(F)(F)C(F)(F)C(F)(F)C(F)(F)C(F)(F)C(F)(F)C(F)(F)F)NNC(=O)c1ccccc1. The molecule has 1 aromatic rings. The molecule has 0 aliphatic heterocycles. The molecule has 0 unspecified atom stereocenters. The predicted molar refractivity (Wildman–Crippen MR) is 96.5 cm³/mol. The second kappa shape index (κ2) is 10.3. The molecule has 228 valence electrons. The first-order valence-electron chi connectivity index (χ1n) is 9.61. The summed E-state index contributed by atoms with van der Waals surface area (Å²) in [7, 11) is 0. The summed E-state index contributed by atoms with van der Waals surface area (Å²) in [6.07, 6.45) is -8.64. The van der Waals surface area contributed by atoms with E-state index in [9.17, 15) is 84.2 Å². The number of amides is 1. The van der Waals surface area contributed by atoms with E-state index in [0.29, 0.717) is 6.92 Å². The topological polar surface area (TPSA) is 58.2 Å². The van der Waals surface area contributed by atoms with Gasteiger partial charge in [-0.2, -0.15) is 74.6 Å². The number of carbonyl (C=O) groups excluding carboxylic acids is 2. The highest BCUT2D eigenvalue weighted by Crippen LogP contribution is 2.64. The first kappa shape index (κ1) is 34.7. The molecule has 0 spiro atoms. The number of halogens is 17. The third kappa shape index (κ3) is 5.25. The Morgan fingerprint density at radius 3 is 1.35 bits per heavy atom. The lowest BCUT2D eigenvalue weighted by Crippen LogP contribution is -2.75. The predicted octanol–water partition coefficient (Wildman–Crippen LogP) is 6.40. The molecule has 0 atom stereocenters. The zero-order valence-corrected chi connectivity index (χ0v) is 18.7. The Bertz CT molecular complexity index is 1130. The summed E-state index contributed by atoms with van der Waals surface area (Å²) in [6, 6.07) is 6.35. The maximum absolute atomic E-state index is 13.9. The van der Waals surface area contributed by atoms with Crippen LogP contribution in [-0.4, -0.2) is 59.3 Å². The highest BCUT2D eigenvalue weighted by Gasteiger charge is 2.95. The van der Waals surface area contributed by atoms with Gasteiger partial charge in [-0.25, -0.2) is 0 Å². The van der Waals surface area contributed by atoms with E-state index in [1.54, 1.807) is 10.9 Å². The monoisotopic (exact) mass is 622 g/mol. The van der Waals surface area contributed by atoms with Crippen LogP contribution in [0.15, 0.2) is 42.1 Å². The first-order chi connectivity index (χ1) is 17.6. The lowest BCUT2D eigenvalue weighted by molar-refractivity contribution is -0.459. The number of hydrogen-bond acceptors (Lipinski definition) is 3. The molecule has 0 saturated heterocycles. The molecule has 0 fully saturated rings. The van der Waals surface area contributed by atoms with Crippen LogP contribution in [-0.2, 0) is 4.79 Å². The fourth-order valence-electron chi connectivity index (χ4n) is 2.46. The molecule has 2 N–H and O–H groups in total. The highest BCUT2D eigenvalue weighted by atomic mass is 19.4. The summed E-state index contributed by atoms with van der Waals surface area (Å²) in [4.78, 5) is 23.3. The number of benzene rings is 1. The third-order valence-electron chi connectivity index (χ3n) is 4.79. The normalized spacial score (nSPS) is 15.1. The van der Waals surface area contributed by atoms with E-state index in [2.05, 4.69) is 0 Å². The van der Waals surface area contributed by atoms with Crippen LogP contribution in [0.1, 0.15) is 17.3 Å². The molecule has 4 nitrogen and oxygen atoms in total. The van der Waals surface area contributed by atoms with Crippen molar-refractivity contribution in [3.05, 3.63) is 47.7 Å². The molecule has 0 aliphatic rings. The fraction of sp³-hybridized carbons (Fsp3) is 0.474. The Morgan fingerprint density at radius 2 is 0.950 bits per heavy atom. The number of nitrogens with one attached hydrogen (secondary N) is 2. The van der Waals surface area contributed by atoms with E-state index < -0.39 is 71.1 Å². The van der Waals surface area contributed by atoms with Crippen molar-refractivity contribution in [2.24, 2.45) is 0 Å². The summed E-state index contributed by atoms with van der Waals surface area (Å²) in [5.41, 5.74) is 1.96. The van der Waals surface area contributed by atoms with Crippen LogP contribution >= 0.6 is 0 Å². The maximum Gasteiger partial charge on any atom is 0.460 e. The van der Waals surface area contributed by atoms with Crippen LogP contribution in [0.5, 0.6) is 0 Å². The summed E-state index contributed by atoms with van der Waals surface area (Å²) in [6.45, 7) is 0.484. The molecule has 21 heteroatoms. The average molecular weight is 622 g/mol. The minimum absolute atomic E-state index is 0.151. The van der Waals surface area contributed by atoms with Crippen molar-refractivity contribution < 1.29 is 84.2 Å². The van der Waals surface area contributed by atoms with Crippen molar-refractivity contribution in [2.45, 2.75) is 54.6 Å². The standard InChI is InChI=1S/C19H11F17N2O2/c1-8(37-38-11(40)9-5-3-2-4-6-9)7-10(39)12(20,21)13(22,23)14(24,25)15(26,27)16(28,29)17(30,31)18(32,33)19(34,35)36/h2-7,37H,1H3,(H,38,40). The number of carbonyl (C=O) groups is 2. The minimum Gasteiger partial charge on any atom is -0.303 e. The number of alkyl halides is 17. The Hall–Kier alpha value is -3.29. The van der Waals surface area contributed by atoms with Crippen molar-refractivity contribution in [1.82, 2.24) is 10.9 Å². The minimum atomic E-state index is -8.79. The van der Waals surface area contributed by atoms with Crippen LogP contribution in [0.3, 0.4) is 0 Å². The lowest BCUT2D eigenvalue weighted by atomic mass is 9.88. The number of rotatable bonds is 11. The molecule has 1 amide bonds. The van der Waals surface area contributed by atoms with Gasteiger partial charge in [0.15, 0.2) is 0 Å². The van der Waals surface area contributed by atoms with Crippen LogP contribution in [0.2, 0.25) is 0 Å². The number of ketones is 1. The molecule has 0 aromatic heterocycles. The van der Waals surface area contributed by atoms with Gasteiger partial charge in [-0.3, -0.25) is 15.0 Å². The van der Waals surface area contributed by atoms with Gasteiger partial charge in [0.25, 0.3) is 5.91 Å². The van der Waals surface area contributed by atoms with Gasteiger partial charge < -0.3 is 5.43 Å². The number of hydrogen-bond donors (Lipinski definition) is 2. The third-order valence-corrected chi connectivity index (χ3v) is 4.79. The van der Waals surface area contributed by atoms with Crippen molar-refractivity contribution in [1.29, 1.82) is 0 Å². The second-order valence-corrected chi connectivity index (χ2v) is 7.66. The first-order valence-corrected chi connectivity index (χ1v) is 9.61. The van der Waals surface area contributed by atoms with Gasteiger partial charge >= 0.3 is 47.6 Å². The van der Waals surface area contributed by atoms with Gasteiger partial charge in [0.1, 0.15) is 0 Å². The molecule has 0 saturated carbocycles. The van der Waals surface area contributed by atoms with E-state index in [1.165, 1.54) is 18.2 Å². The van der Waals surface area contributed by atoms with Crippen LogP contribution in [0.25, 0.3) is 0 Å². The molecule has 40 heavy (non-hydrogen) atoms. The van der Waals surface area contributed by atoms with E-state index in [-0.39, 0.29) is 5.56 Å². The van der Waals surface area contributed by atoms with E-state index >= 15 is 0 Å². The maximum atomic E-state index is 13.9. The largest absolute Gasteiger partial charge is 0.460 e. The molecule has 0 radical (unpaired) electrons. The molecular formula is C19H11F17N2O2. The summed E-state index contributed by atoms with van der Waals surface area (Å²) < 4.78 is 225. The van der Waals surface area contributed by atoms with Gasteiger partial charge in [-0.05, 0) is 19.1 Å². The molecule has 0 aliphatic carbocycles. The van der Waals surface area contributed by atoms with Crippen molar-refractivity contribution in [3.8, 4) is 0 Å². The average Bonchev–Trinajstić information content (AvgIpc) is 2.81. The summed E-state index contributed by atoms with van der Waals surface area (Å²) in [5.74, 6) is -63.2. The Balaban J connectivity index is 3.40. The van der Waals surface area contributed by atoms with E-state index in [0.717, 1.165) is 12.1 Å². The van der Waals surface area contributed by atoms with Gasteiger partial charge in [0.2, 0.25) is 5.78 Å². The molecule has 0 bridgehead atoms. The molecule has 0 heterocycles. The van der Waals surface area contributed by atoms with Crippen molar-refractivity contribution in [2.75, 3.05) is 0 Å².